The maximum absolute atomic E-state index is 6.13. The number of nitrogens with two attached hydrogens (primary N) is 1. The minimum Gasteiger partial charge on any atom is -0.437 e. The quantitative estimate of drug-likeness (QED) is 0.735. The van der Waals surface area contributed by atoms with Gasteiger partial charge in [-0.1, -0.05) is 35.9 Å². The zero-order valence-corrected chi connectivity index (χ0v) is 13.2. The number of nitrogens with one attached hydrogen (secondary N) is 1. The molecule has 0 aliphatic carbocycles. The molecule has 0 spiro atoms. The summed E-state index contributed by atoms with van der Waals surface area (Å²) in [6, 6.07) is 15.0. The molecule has 1 aromatic heterocycles. The monoisotopic (exact) mass is 326 g/mol. The van der Waals surface area contributed by atoms with E-state index in [0.717, 1.165) is 11.3 Å². The third-order valence-corrected chi connectivity index (χ3v) is 3.65. The van der Waals surface area contributed by atoms with Crippen molar-refractivity contribution in [2.45, 2.75) is 6.92 Å². The number of anilines is 3. The number of benzene rings is 2. The number of ether oxygens (including phenoxy) is 1. The fourth-order valence-corrected chi connectivity index (χ4v) is 2.15. The first-order chi connectivity index (χ1) is 11.1. The maximum Gasteiger partial charge on any atom is 0.248 e. The van der Waals surface area contributed by atoms with E-state index in [1.165, 1.54) is 6.33 Å². The number of hydrogen-bond acceptors (Lipinski definition) is 5. The van der Waals surface area contributed by atoms with Crippen molar-refractivity contribution in [3.05, 3.63) is 65.4 Å². The Balaban J connectivity index is 1.86. The molecule has 0 aliphatic heterocycles. The van der Waals surface area contributed by atoms with Crippen molar-refractivity contribution in [1.29, 1.82) is 0 Å². The van der Waals surface area contributed by atoms with Gasteiger partial charge in [-0.25, -0.2) is 4.98 Å². The molecule has 0 radical (unpaired) electrons. The highest BCUT2D eigenvalue weighted by Crippen LogP contribution is 2.31. The molecule has 23 heavy (non-hydrogen) atoms. The zero-order valence-electron chi connectivity index (χ0n) is 12.5. The van der Waals surface area contributed by atoms with Crippen molar-refractivity contribution in [3.63, 3.8) is 0 Å². The minimum absolute atomic E-state index is 0.298. The van der Waals surface area contributed by atoms with E-state index >= 15 is 0 Å². The van der Waals surface area contributed by atoms with Crippen LogP contribution in [0.5, 0.6) is 11.6 Å². The Morgan fingerprint density at radius 3 is 2.61 bits per heavy atom. The first kappa shape index (κ1) is 15.1. The first-order valence-corrected chi connectivity index (χ1v) is 7.38. The summed E-state index contributed by atoms with van der Waals surface area (Å²) in [5.41, 5.74) is 8.22. The van der Waals surface area contributed by atoms with Crippen molar-refractivity contribution in [2.75, 3.05) is 11.1 Å². The van der Waals surface area contributed by atoms with Crippen LogP contribution in [0.4, 0.5) is 17.2 Å². The second-order valence-corrected chi connectivity index (χ2v) is 5.35. The molecule has 3 rings (SSSR count). The van der Waals surface area contributed by atoms with Crippen LogP contribution in [-0.2, 0) is 0 Å². The van der Waals surface area contributed by atoms with Gasteiger partial charge in [0.15, 0.2) is 5.82 Å². The largest absolute Gasteiger partial charge is 0.437 e. The number of para-hydroxylation sites is 1. The standard InChI is InChI=1S/C17H15ClN4O/c1-11-7-8-12(9-14(11)18)22-16-15(19)17(21-10-20-16)23-13-5-3-2-4-6-13/h2-10H,19H2,1H3,(H,20,21,22). The fraction of sp³-hybridized carbons (Fsp3) is 0.0588. The number of nitrogen functional groups attached to an aromatic ring is 1. The van der Waals surface area contributed by atoms with Gasteiger partial charge >= 0.3 is 0 Å². The molecule has 0 unspecified atom stereocenters. The van der Waals surface area contributed by atoms with E-state index in [4.69, 9.17) is 22.1 Å². The lowest BCUT2D eigenvalue weighted by Crippen LogP contribution is -2.03. The van der Waals surface area contributed by atoms with Gasteiger partial charge in [-0.15, -0.1) is 0 Å². The Hall–Kier alpha value is -2.79. The summed E-state index contributed by atoms with van der Waals surface area (Å²) in [7, 11) is 0. The highest BCUT2D eigenvalue weighted by Gasteiger charge is 2.11. The van der Waals surface area contributed by atoms with Gasteiger partial charge in [0.2, 0.25) is 5.88 Å². The predicted molar refractivity (Wildman–Crippen MR) is 92.4 cm³/mol. The van der Waals surface area contributed by atoms with Crippen LogP contribution in [0.1, 0.15) is 5.56 Å². The minimum atomic E-state index is 0.298. The van der Waals surface area contributed by atoms with E-state index in [1.54, 1.807) is 0 Å². The number of aryl methyl sites for hydroxylation is 1. The summed E-state index contributed by atoms with van der Waals surface area (Å²) in [6.07, 6.45) is 1.40. The van der Waals surface area contributed by atoms with Crippen LogP contribution in [-0.4, -0.2) is 9.97 Å². The molecule has 0 amide bonds. The molecule has 1 heterocycles. The topological polar surface area (TPSA) is 73.1 Å². The predicted octanol–water partition coefficient (Wildman–Crippen LogP) is 4.56. The molecular formula is C17H15ClN4O. The second-order valence-electron chi connectivity index (χ2n) is 4.95. The van der Waals surface area contributed by atoms with Crippen LogP contribution in [0.25, 0.3) is 0 Å². The molecule has 5 nitrogen and oxygen atoms in total. The number of halogens is 1. The van der Waals surface area contributed by atoms with Gasteiger partial charge in [0.25, 0.3) is 0 Å². The fourth-order valence-electron chi connectivity index (χ4n) is 1.97. The molecule has 0 fully saturated rings. The molecule has 0 atom stereocenters. The van der Waals surface area contributed by atoms with Crippen molar-refractivity contribution in [3.8, 4) is 11.6 Å². The van der Waals surface area contributed by atoms with Gasteiger partial charge in [0.05, 0.1) is 0 Å². The van der Waals surface area contributed by atoms with E-state index < -0.39 is 0 Å². The third kappa shape index (κ3) is 3.52. The zero-order chi connectivity index (χ0) is 16.2. The normalized spacial score (nSPS) is 10.3. The van der Waals surface area contributed by atoms with Gasteiger partial charge in [-0.3, -0.25) is 0 Å². The summed E-state index contributed by atoms with van der Waals surface area (Å²) in [6.45, 7) is 1.94. The Bertz CT molecular complexity index is 824. The van der Waals surface area contributed by atoms with E-state index in [2.05, 4.69) is 15.3 Å². The number of hydrogen-bond donors (Lipinski definition) is 2. The molecule has 3 aromatic rings. The highest BCUT2D eigenvalue weighted by molar-refractivity contribution is 6.31. The Morgan fingerprint density at radius 1 is 1.09 bits per heavy atom. The number of nitrogens with zero attached hydrogens (tertiary/aromatic N) is 2. The number of aromatic nitrogens is 2. The molecule has 0 bridgehead atoms. The van der Waals surface area contributed by atoms with Gasteiger partial charge in [0.1, 0.15) is 17.8 Å². The lowest BCUT2D eigenvalue weighted by atomic mass is 10.2. The van der Waals surface area contributed by atoms with Crippen LogP contribution in [0, 0.1) is 6.92 Å². The van der Waals surface area contributed by atoms with Crippen LogP contribution in [0.2, 0.25) is 5.02 Å². The average Bonchev–Trinajstić information content (AvgIpc) is 2.56. The molecule has 2 aromatic carbocycles. The van der Waals surface area contributed by atoms with Crippen molar-refractivity contribution >= 4 is 28.8 Å². The van der Waals surface area contributed by atoms with Crippen LogP contribution in [0.15, 0.2) is 54.9 Å². The lowest BCUT2D eigenvalue weighted by molar-refractivity contribution is 0.464. The molecule has 0 aliphatic rings. The summed E-state index contributed by atoms with van der Waals surface area (Å²) >= 11 is 6.13. The molecule has 6 heteroatoms. The molecule has 0 saturated heterocycles. The van der Waals surface area contributed by atoms with Crippen LogP contribution >= 0.6 is 11.6 Å². The molecule has 3 N–H and O–H groups in total. The van der Waals surface area contributed by atoms with E-state index in [1.807, 2.05) is 55.5 Å². The second kappa shape index (κ2) is 6.54. The highest BCUT2D eigenvalue weighted by atomic mass is 35.5. The molecular weight excluding hydrogens is 312 g/mol. The average molecular weight is 327 g/mol. The summed E-state index contributed by atoms with van der Waals surface area (Å²) < 4.78 is 5.69. The summed E-state index contributed by atoms with van der Waals surface area (Å²) in [5.74, 6) is 1.42. The first-order valence-electron chi connectivity index (χ1n) is 7.00. The SMILES string of the molecule is Cc1ccc(Nc2ncnc(Oc3ccccc3)c2N)cc1Cl. The summed E-state index contributed by atoms with van der Waals surface area (Å²) in [4.78, 5) is 8.24. The maximum atomic E-state index is 6.13. The number of rotatable bonds is 4. The van der Waals surface area contributed by atoms with Gasteiger partial charge < -0.3 is 15.8 Å². The Morgan fingerprint density at radius 2 is 1.87 bits per heavy atom. The van der Waals surface area contributed by atoms with Gasteiger partial charge in [-0.2, -0.15) is 4.98 Å². The summed E-state index contributed by atoms with van der Waals surface area (Å²) in [5, 5.41) is 3.80. The van der Waals surface area contributed by atoms with E-state index in [0.29, 0.717) is 28.2 Å². The van der Waals surface area contributed by atoms with E-state index in [9.17, 15) is 0 Å². The molecule has 0 saturated carbocycles. The Kier molecular flexibility index (Phi) is 4.30. The smallest absolute Gasteiger partial charge is 0.248 e. The van der Waals surface area contributed by atoms with E-state index in [-0.39, 0.29) is 0 Å². The van der Waals surface area contributed by atoms with Crippen LogP contribution in [0.3, 0.4) is 0 Å². The van der Waals surface area contributed by atoms with Crippen molar-refractivity contribution in [2.24, 2.45) is 0 Å². The van der Waals surface area contributed by atoms with Gasteiger partial charge in [-0.05, 0) is 36.8 Å². The Labute approximate surface area is 139 Å². The third-order valence-electron chi connectivity index (χ3n) is 3.24. The molecule has 116 valence electrons. The van der Waals surface area contributed by atoms with Crippen molar-refractivity contribution < 1.29 is 4.74 Å². The van der Waals surface area contributed by atoms with Crippen LogP contribution < -0.4 is 15.8 Å². The van der Waals surface area contributed by atoms with Crippen molar-refractivity contribution in [1.82, 2.24) is 9.97 Å². The van der Waals surface area contributed by atoms with Gasteiger partial charge in [0, 0.05) is 10.7 Å². The lowest BCUT2D eigenvalue weighted by Gasteiger charge is -2.12.